The van der Waals surface area contributed by atoms with Crippen LogP contribution < -0.4 is 10.6 Å². The molecule has 0 aliphatic carbocycles. The number of nitrogens with zero attached hydrogens (tertiary/aromatic N) is 1. The lowest BCUT2D eigenvalue weighted by Gasteiger charge is -2.21. The van der Waals surface area contributed by atoms with E-state index in [0.717, 1.165) is 0 Å². The maximum Gasteiger partial charge on any atom is 0.294 e. The van der Waals surface area contributed by atoms with Crippen molar-refractivity contribution < 1.29 is 24.2 Å². The summed E-state index contributed by atoms with van der Waals surface area (Å²) < 4.78 is 11.0. The summed E-state index contributed by atoms with van der Waals surface area (Å²) in [5.74, 6) is 0.601. The summed E-state index contributed by atoms with van der Waals surface area (Å²) in [5.41, 5.74) is 0. The van der Waals surface area contributed by atoms with Gasteiger partial charge in [0.05, 0.1) is 30.2 Å². The molecule has 5 atom stereocenters. The predicted molar refractivity (Wildman–Crippen MR) is 84.0 cm³/mol. The minimum atomic E-state index is -0.840. The van der Waals surface area contributed by atoms with Crippen molar-refractivity contribution in [1.29, 1.82) is 0 Å². The molecule has 0 spiro atoms. The molecular weight excluding hydrogens is 350 g/mol. The van der Waals surface area contributed by atoms with Crippen molar-refractivity contribution in [3.8, 4) is 0 Å². The van der Waals surface area contributed by atoms with Crippen LogP contribution >= 0.6 is 24.2 Å². The molecular formula is C12H20ClN3O6S. The first-order valence-electron chi connectivity index (χ1n) is 7.12. The van der Waals surface area contributed by atoms with Gasteiger partial charge in [0, 0.05) is 5.75 Å². The van der Waals surface area contributed by atoms with Crippen LogP contribution in [0, 0.1) is 10.1 Å². The quantitative estimate of drug-likeness (QED) is 0.513. The Morgan fingerprint density at radius 2 is 2.09 bits per heavy atom. The van der Waals surface area contributed by atoms with Crippen LogP contribution in [0.5, 0.6) is 0 Å². The van der Waals surface area contributed by atoms with Crippen LogP contribution in [0.3, 0.4) is 0 Å². The molecule has 3 aliphatic heterocycles. The van der Waals surface area contributed by atoms with E-state index in [1.807, 2.05) is 13.8 Å². The summed E-state index contributed by atoms with van der Waals surface area (Å²) in [6, 6.07) is -0.570. The number of hydrogen-bond donors (Lipinski definition) is 2. The molecule has 0 aromatic rings. The number of carbonyl (C=O) groups excluding carboxylic acids is 1. The van der Waals surface area contributed by atoms with Gasteiger partial charge in [-0.25, -0.2) is 0 Å². The summed E-state index contributed by atoms with van der Waals surface area (Å²) in [7, 11) is 0. The van der Waals surface area contributed by atoms with Crippen molar-refractivity contribution in [2.45, 2.75) is 49.1 Å². The first-order valence-corrected chi connectivity index (χ1v) is 8.11. The Morgan fingerprint density at radius 1 is 1.39 bits per heavy atom. The van der Waals surface area contributed by atoms with Crippen molar-refractivity contribution in [3.05, 3.63) is 10.1 Å². The standard InChI is InChI=1S/C12H19N3O6S.ClH/c1-12(2)14-7(5-22-12)11(16)13-6-3-19-10-8(21-15(17)18)4-20-9(6)10;/h6-10,14H,3-5H2,1-2H3,(H,13,16);1H/t6-,7?,8-,9?,10+;/m0./s1. The Kier molecular flexibility index (Phi) is 5.62. The van der Waals surface area contributed by atoms with Crippen molar-refractivity contribution in [2.24, 2.45) is 0 Å². The van der Waals surface area contributed by atoms with Crippen molar-refractivity contribution in [1.82, 2.24) is 10.6 Å². The number of nitrogens with one attached hydrogen (secondary N) is 2. The van der Waals surface area contributed by atoms with Gasteiger partial charge in [0.1, 0.15) is 12.2 Å². The number of rotatable bonds is 4. The highest BCUT2D eigenvalue weighted by Gasteiger charge is 2.50. The number of fused-ring (bicyclic) bond motifs is 1. The highest BCUT2D eigenvalue weighted by molar-refractivity contribution is 8.00. The van der Waals surface area contributed by atoms with E-state index in [1.54, 1.807) is 11.8 Å². The third-order valence-electron chi connectivity index (χ3n) is 4.01. The van der Waals surface area contributed by atoms with Gasteiger partial charge in [-0.3, -0.25) is 10.1 Å². The molecule has 9 nitrogen and oxygen atoms in total. The lowest BCUT2D eigenvalue weighted by Crippen LogP contribution is -2.52. The number of amides is 1. The molecule has 0 bridgehead atoms. The molecule has 3 fully saturated rings. The molecule has 1 amide bonds. The lowest BCUT2D eigenvalue weighted by atomic mass is 10.1. The summed E-state index contributed by atoms with van der Waals surface area (Å²) in [5, 5.41) is 15.8. The Morgan fingerprint density at radius 3 is 2.70 bits per heavy atom. The van der Waals surface area contributed by atoms with E-state index in [4.69, 9.17) is 9.47 Å². The van der Waals surface area contributed by atoms with E-state index in [-0.39, 0.29) is 48.5 Å². The molecule has 132 valence electrons. The van der Waals surface area contributed by atoms with Gasteiger partial charge in [-0.1, -0.05) is 0 Å². The van der Waals surface area contributed by atoms with Crippen LogP contribution in [0.1, 0.15) is 13.8 Å². The second-order valence-corrected chi connectivity index (χ2v) is 7.74. The largest absolute Gasteiger partial charge is 0.371 e. The third kappa shape index (κ3) is 4.00. The molecule has 0 saturated carbocycles. The van der Waals surface area contributed by atoms with Crippen LogP contribution in [0.2, 0.25) is 0 Å². The SMILES string of the molecule is CC1(C)NC(C(=O)N[C@H]2CO[C@H]3C2OC[C@@H]3O[N+](=O)[O-])CS1.Cl. The average molecular weight is 370 g/mol. The fraction of sp³-hybridized carbons (Fsp3) is 0.917. The summed E-state index contributed by atoms with van der Waals surface area (Å²) in [6.07, 6.45) is -1.66. The summed E-state index contributed by atoms with van der Waals surface area (Å²) >= 11 is 1.69. The highest BCUT2D eigenvalue weighted by Crippen LogP contribution is 2.31. The molecule has 0 radical (unpaired) electrons. The molecule has 3 rings (SSSR count). The van der Waals surface area contributed by atoms with Crippen LogP contribution in [0.25, 0.3) is 0 Å². The Labute approximate surface area is 143 Å². The molecule has 23 heavy (non-hydrogen) atoms. The zero-order chi connectivity index (χ0) is 15.9. The zero-order valence-electron chi connectivity index (χ0n) is 12.7. The molecule has 2 N–H and O–H groups in total. The Balaban J connectivity index is 0.00000192. The minimum Gasteiger partial charge on any atom is -0.371 e. The first kappa shape index (κ1) is 18.5. The van der Waals surface area contributed by atoms with Gasteiger partial charge in [0.25, 0.3) is 5.09 Å². The van der Waals surface area contributed by atoms with Gasteiger partial charge >= 0.3 is 0 Å². The molecule has 0 aromatic carbocycles. The smallest absolute Gasteiger partial charge is 0.294 e. The van der Waals surface area contributed by atoms with Gasteiger partial charge in [0.2, 0.25) is 5.91 Å². The lowest BCUT2D eigenvalue weighted by molar-refractivity contribution is -0.769. The monoisotopic (exact) mass is 369 g/mol. The molecule has 3 aliphatic rings. The number of thioether (sulfide) groups is 1. The zero-order valence-corrected chi connectivity index (χ0v) is 14.4. The maximum atomic E-state index is 12.3. The fourth-order valence-corrected chi connectivity index (χ4v) is 4.05. The van der Waals surface area contributed by atoms with E-state index in [1.165, 1.54) is 0 Å². The molecule has 3 heterocycles. The van der Waals surface area contributed by atoms with Crippen LogP contribution in [-0.4, -0.2) is 65.2 Å². The van der Waals surface area contributed by atoms with Gasteiger partial charge < -0.3 is 19.6 Å². The Hall–Kier alpha value is -0.810. The Bertz CT molecular complexity index is 482. The third-order valence-corrected chi connectivity index (χ3v) is 5.35. The molecule has 2 unspecified atom stereocenters. The fourth-order valence-electron chi connectivity index (χ4n) is 3.01. The number of hydrogen-bond acceptors (Lipinski definition) is 8. The minimum absolute atomic E-state index is 0. The van der Waals surface area contributed by atoms with Crippen molar-refractivity contribution in [2.75, 3.05) is 19.0 Å². The van der Waals surface area contributed by atoms with Crippen LogP contribution in [0.4, 0.5) is 0 Å². The van der Waals surface area contributed by atoms with Crippen molar-refractivity contribution >= 4 is 30.1 Å². The van der Waals surface area contributed by atoms with Gasteiger partial charge in [-0.2, -0.15) is 0 Å². The second kappa shape index (κ2) is 6.98. The molecule has 0 aromatic heterocycles. The first-order chi connectivity index (χ1) is 10.4. The topological polar surface area (TPSA) is 112 Å². The van der Waals surface area contributed by atoms with E-state index in [9.17, 15) is 14.9 Å². The van der Waals surface area contributed by atoms with E-state index in [0.29, 0.717) is 5.75 Å². The molecule has 11 heteroatoms. The van der Waals surface area contributed by atoms with Crippen LogP contribution in [0.15, 0.2) is 0 Å². The second-order valence-electron chi connectivity index (χ2n) is 6.10. The maximum absolute atomic E-state index is 12.3. The normalized spacial score (nSPS) is 37.7. The van der Waals surface area contributed by atoms with E-state index < -0.39 is 23.4 Å². The summed E-state index contributed by atoms with van der Waals surface area (Å²) in [6.45, 7) is 4.41. The predicted octanol–water partition coefficient (Wildman–Crippen LogP) is -0.291. The van der Waals surface area contributed by atoms with E-state index in [2.05, 4.69) is 15.5 Å². The number of ether oxygens (including phenoxy) is 2. The summed E-state index contributed by atoms with van der Waals surface area (Å²) in [4.78, 5) is 27.2. The van der Waals surface area contributed by atoms with Gasteiger partial charge in [-0.15, -0.1) is 34.3 Å². The molecule has 3 saturated heterocycles. The number of halogens is 1. The van der Waals surface area contributed by atoms with E-state index >= 15 is 0 Å². The highest BCUT2D eigenvalue weighted by atomic mass is 35.5. The average Bonchev–Trinajstić information content (AvgIpc) is 3.07. The van der Waals surface area contributed by atoms with Gasteiger partial charge in [-0.05, 0) is 13.8 Å². The van der Waals surface area contributed by atoms with Gasteiger partial charge in [0.15, 0.2) is 6.10 Å². The van der Waals surface area contributed by atoms with Crippen molar-refractivity contribution in [3.63, 3.8) is 0 Å². The van der Waals surface area contributed by atoms with Crippen LogP contribution in [-0.2, 0) is 19.1 Å². The number of carbonyl (C=O) groups is 1.